The fourth-order valence-corrected chi connectivity index (χ4v) is 1.73. The monoisotopic (exact) mass is 234 g/mol. The number of rotatable bonds is 5. The van der Waals surface area contributed by atoms with E-state index in [0.717, 1.165) is 16.7 Å². The molecule has 3 nitrogen and oxygen atoms in total. The van der Waals surface area contributed by atoms with Gasteiger partial charge in [0, 0.05) is 6.42 Å². The lowest BCUT2D eigenvalue weighted by atomic mass is 9.98. The maximum atomic E-state index is 11.5. The molecule has 92 valence electrons. The van der Waals surface area contributed by atoms with E-state index in [9.17, 15) is 9.59 Å². The van der Waals surface area contributed by atoms with Crippen LogP contribution in [0.15, 0.2) is 18.2 Å². The Morgan fingerprint density at radius 3 is 2.47 bits per heavy atom. The van der Waals surface area contributed by atoms with Gasteiger partial charge in [0.05, 0.1) is 13.0 Å². The standard InChI is InChI=1S/C14H18O3/c1-4-17-14(16)9-13-7-10(2)5-6-12(13)8-11(3)15/h5-7H,4,8-9H2,1-3H3. The number of esters is 1. The summed E-state index contributed by atoms with van der Waals surface area (Å²) in [5.74, 6) is -0.151. The predicted octanol–water partition coefficient (Wildman–Crippen LogP) is 2.23. The van der Waals surface area contributed by atoms with E-state index in [-0.39, 0.29) is 18.2 Å². The van der Waals surface area contributed by atoms with Crippen LogP contribution < -0.4 is 0 Å². The third-order valence-corrected chi connectivity index (χ3v) is 2.44. The SMILES string of the molecule is CCOC(=O)Cc1cc(C)ccc1CC(C)=O. The molecule has 1 aromatic carbocycles. The Balaban J connectivity index is 2.90. The van der Waals surface area contributed by atoms with E-state index in [2.05, 4.69) is 0 Å². The summed E-state index contributed by atoms with van der Waals surface area (Å²) in [6.07, 6.45) is 0.604. The van der Waals surface area contributed by atoms with Gasteiger partial charge in [0.1, 0.15) is 5.78 Å². The lowest BCUT2D eigenvalue weighted by Crippen LogP contribution is -2.10. The van der Waals surface area contributed by atoms with E-state index < -0.39 is 0 Å². The average molecular weight is 234 g/mol. The zero-order valence-electron chi connectivity index (χ0n) is 10.6. The highest BCUT2D eigenvalue weighted by molar-refractivity contribution is 5.80. The summed E-state index contributed by atoms with van der Waals surface area (Å²) in [4.78, 5) is 22.6. The van der Waals surface area contributed by atoms with Crippen molar-refractivity contribution >= 4 is 11.8 Å². The smallest absolute Gasteiger partial charge is 0.310 e. The first-order valence-electron chi connectivity index (χ1n) is 5.76. The minimum Gasteiger partial charge on any atom is -0.466 e. The topological polar surface area (TPSA) is 43.4 Å². The first kappa shape index (κ1) is 13.4. The van der Waals surface area contributed by atoms with Gasteiger partial charge in [0.2, 0.25) is 0 Å². The van der Waals surface area contributed by atoms with Gasteiger partial charge in [-0.1, -0.05) is 23.8 Å². The maximum Gasteiger partial charge on any atom is 0.310 e. The van der Waals surface area contributed by atoms with Gasteiger partial charge < -0.3 is 4.74 Å². The fourth-order valence-electron chi connectivity index (χ4n) is 1.73. The van der Waals surface area contributed by atoms with Crippen molar-refractivity contribution in [2.75, 3.05) is 6.61 Å². The summed E-state index contributed by atoms with van der Waals surface area (Å²) in [7, 11) is 0. The Kier molecular flexibility index (Phi) is 4.88. The quantitative estimate of drug-likeness (QED) is 0.734. The van der Waals surface area contributed by atoms with Crippen LogP contribution >= 0.6 is 0 Å². The van der Waals surface area contributed by atoms with Gasteiger partial charge in [-0.2, -0.15) is 0 Å². The number of carbonyl (C=O) groups is 2. The lowest BCUT2D eigenvalue weighted by Gasteiger charge is -2.09. The Morgan fingerprint density at radius 2 is 1.88 bits per heavy atom. The number of carbonyl (C=O) groups excluding carboxylic acids is 2. The number of hydrogen-bond donors (Lipinski definition) is 0. The normalized spacial score (nSPS) is 10.1. The molecule has 0 amide bonds. The molecule has 0 saturated carbocycles. The maximum absolute atomic E-state index is 11.5. The molecule has 0 bridgehead atoms. The third kappa shape index (κ3) is 4.39. The summed E-state index contributed by atoms with van der Waals surface area (Å²) < 4.78 is 4.92. The molecule has 0 radical (unpaired) electrons. The lowest BCUT2D eigenvalue weighted by molar-refractivity contribution is -0.142. The molecule has 1 aromatic rings. The van der Waals surface area contributed by atoms with E-state index in [1.165, 1.54) is 0 Å². The molecule has 0 aromatic heterocycles. The molecule has 0 aliphatic rings. The number of Topliss-reactive ketones (excluding diaryl/α,β-unsaturated/α-hetero) is 1. The summed E-state index contributed by atoms with van der Waals surface area (Å²) in [5.41, 5.74) is 2.88. The molecule has 0 atom stereocenters. The molecule has 0 heterocycles. The molecule has 0 spiro atoms. The van der Waals surface area contributed by atoms with Crippen LogP contribution in [0.2, 0.25) is 0 Å². The van der Waals surface area contributed by atoms with Crippen molar-refractivity contribution in [2.45, 2.75) is 33.6 Å². The van der Waals surface area contributed by atoms with E-state index in [4.69, 9.17) is 4.74 Å². The third-order valence-electron chi connectivity index (χ3n) is 2.44. The van der Waals surface area contributed by atoms with Gasteiger partial charge in [0.15, 0.2) is 0 Å². The van der Waals surface area contributed by atoms with Gasteiger partial charge in [0.25, 0.3) is 0 Å². The van der Waals surface area contributed by atoms with E-state index in [1.807, 2.05) is 25.1 Å². The predicted molar refractivity (Wildman–Crippen MR) is 65.9 cm³/mol. The Hall–Kier alpha value is -1.64. The summed E-state index contributed by atoms with van der Waals surface area (Å²) in [6.45, 7) is 5.68. The van der Waals surface area contributed by atoms with Crippen LogP contribution in [-0.4, -0.2) is 18.4 Å². The molecule has 0 fully saturated rings. The summed E-state index contributed by atoms with van der Waals surface area (Å²) in [6, 6.07) is 5.80. The fraction of sp³-hybridized carbons (Fsp3) is 0.429. The first-order chi connectivity index (χ1) is 8.02. The highest BCUT2D eigenvalue weighted by Gasteiger charge is 2.10. The second-order valence-corrected chi connectivity index (χ2v) is 4.13. The van der Waals surface area contributed by atoms with Gasteiger partial charge >= 0.3 is 5.97 Å². The number of ether oxygens (including phenoxy) is 1. The number of aryl methyl sites for hydroxylation is 1. The Morgan fingerprint density at radius 1 is 1.18 bits per heavy atom. The van der Waals surface area contributed by atoms with Crippen LogP contribution in [0.5, 0.6) is 0 Å². The van der Waals surface area contributed by atoms with Crippen molar-refractivity contribution in [3.05, 3.63) is 34.9 Å². The van der Waals surface area contributed by atoms with Crippen LogP contribution in [0, 0.1) is 6.92 Å². The van der Waals surface area contributed by atoms with E-state index in [1.54, 1.807) is 13.8 Å². The van der Waals surface area contributed by atoms with Gasteiger partial charge in [-0.05, 0) is 31.9 Å². The van der Waals surface area contributed by atoms with E-state index in [0.29, 0.717) is 13.0 Å². The van der Waals surface area contributed by atoms with Gasteiger partial charge in [-0.25, -0.2) is 0 Å². The molecule has 17 heavy (non-hydrogen) atoms. The van der Waals surface area contributed by atoms with Gasteiger partial charge in [-0.3, -0.25) is 9.59 Å². The highest BCUT2D eigenvalue weighted by Crippen LogP contribution is 2.14. The molecule has 0 saturated heterocycles. The molecule has 0 aliphatic heterocycles. The average Bonchev–Trinajstić information content (AvgIpc) is 2.22. The van der Waals surface area contributed by atoms with Crippen LogP contribution in [0.3, 0.4) is 0 Å². The highest BCUT2D eigenvalue weighted by atomic mass is 16.5. The van der Waals surface area contributed by atoms with Crippen molar-refractivity contribution in [1.82, 2.24) is 0 Å². The van der Waals surface area contributed by atoms with Crippen molar-refractivity contribution in [3.8, 4) is 0 Å². The summed E-state index contributed by atoms with van der Waals surface area (Å²) >= 11 is 0. The number of benzene rings is 1. The van der Waals surface area contributed by atoms with Gasteiger partial charge in [-0.15, -0.1) is 0 Å². The summed E-state index contributed by atoms with van der Waals surface area (Å²) in [5, 5.41) is 0. The molecule has 0 N–H and O–H groups in total. The Labute approximate surface area is 102 Å². The molecular formula is C14H18O3. The largest absolute Gasteiger partial charge is 0.466 e. The minimum atomic E-state index is -0.247. The molecule has 3 heteroatoms. The van der Waals surface area contributed by atoms with Crippen molar-refractivity contribution in [1.29, 1.82) is 0 Å². The second-order valence-electron chi connectivity index (χ2n) is 4.13. The number of ketones is 1. The Bertz CT molecular complexity index is 421. The second kappa shape index (κ2) is 6.18. The molecule has 0 aliphatic carbocycles. The molecular weight excluding hydrogens is 216 g/mol. The van der Waals surface area contributed by atoms with E-state index >= 15 is 0 Å². The van der Waals surface area contributed by atoms with Crippen LogP contribution in [0.25, 0.3) is 0 Å². The van der Waals surface area contributed by atoms with Crippen LogP contribution in [0.4, 0.5) is 0 Å². The molecule has 1 rings (SSSR count). The zero-order valence-corrected chi connectivity index (χ0v) is 10.6. The van der Waals surface area contributed by atoms with Crippen LogP contribution in [-0.2, 0) is 27.2 Å². The van der Waals surface area contributed by atoms with Crippen molar-refractivity contribution in [2.24, 2.45) is 0 Å². The zero-order chi connectivity index (χ0) is 12.8. The minimum absolute atomic E-state index is 0.0963. The van der Waals surface area contributed by atoms with Crippen molar-refractivity contribution < 1.29 is 14.3 Å². The number of hydrogen-bond acceptors (Lipinski definition) is 3. The van der Waals surface area contributed by atoms with Crippen LogP contribution in [0.1, 0.15) is 30.5 Å². The molecule has 0 unspecified atom stereocenters. The first-order valence-corrected chi connectivity index (χ1v) is 5.76. The van der Waals surface area contributed by atoms with Crippen molar-refractivity contribution in [3.63, 3.8) is 0 Å².